The van der Waals surface area contributed by atoms with Crippen molar-refractivity contribution in [3.8, 4) is 0 Å². The Bertz CT molecular complexity index is 958. The van der Waals surface area contributed by atoms with Crippen molar-refractivity contribution < 1.29 is 24.2 Å². The van der Waals surface area contributed by atoms with Gasteiger partial charge in [0.25, 0.3) is 0 Å². The summed E-state index contributed by atoms with van der Waals surface area (Å²) in [7, 11) is 1.35. The largest absolute Gasteiger partial charge is 0.481 e. The number of thiophene rings is 1. The van der Waals surface area contributed by atoms with E-state index >= 15 is 0 Å². The molecule has 0 bridgehead atoms. The molecule has 2 aliphatic rings. The van der Waals surface area contributed by atoms with E-state index in [1.54, 1.807) is 0 Å². The summed E-state index contributed by atoms with van der Waals surface area (Å²) in [6.07, 6.45) is 4.52. The van der Waals surface area contributed by atoms with Gasteiger partial charge in [-0.3, -0.25) is 9.59 Å². The predicted octanol–water partition coefficient (Wildman–Crippen LogP) is 5.46. The minimum Gasteiger partial charge on any atom is -0.481 e. The van der Waals surface area contributed by atoms with Crippen molar-refractivity contribution in [1.29, 1.82) is 0 Å². The fourth-order valence-corrected chi connectivity index (χ4v) is 6.30. The standard InChI is InChI=1S/C25H35NO5S/c1-7-25(4,5)15-8-9-16-19(12-15)32-22(20(16)24(30)31-6)26-21(27)17-10-13(2)14(3)11-18(17)23(28)29/h15,17-18H,7-12H2,1-6H3,(H,26,27)(H,28,29)/t15-,17+,18+/m1/s1. The van der Waals surface area contributed by atoms with Gasteiger partial charge < -0.3 is 15.2 Å². The molecule has 176 valence electrons. The minimum absolute atomic E-state index is 0.203. The summed E-state index contributed by atoms with van der Waals surface area (Å²) in [5.74, 6) is -2.65. The average Bonchev–Trinajstić information content (AvgIpc) is 3.11. The molecule has 2 aliphatic carbocycles. The lowest BCUT2D eigenvalue weighted by Crippen LogP contribution is -2.36. The van der Waals surface area contributed by atoms with Crippen LogP contribution >= 0.6 is 11.3 Å². The third-order valence-corrected chi connectivity index (χ3v) is 9.00. The first-order chi connectivity index (χ1) is 15.0. The SMILES string of the molecule is CCC(C)(C)[C@@H]1CCc2c(sc(NC(=O)[C@H]3CC(C)=C(C)C[C@@H]3C(=O)O)c2C(=O)OC)C1. The van der Waals surface area contributed by atoms with E-state index in [4.69, 9.17) is 4.74 Å². The number of ether oxygens (including phenoxy) is 1. The number of hydrogen-bond donors (Lipinski definition) is 2. The molecule has 0 aliphatic heterocycles. The Morgan fingerprint density at radius 1 is 1.12 bits per heavy atom. The van der Waals surface area contributed by atoms with Crippen LogP contribution in [0.5, 0.6) is 0 Å². The Balaban J connectivity index is 1.92. The molecule has 7 heteroatoms. The summed E-state index contributed by atoms with van der Waals surface area (Å²) in [5, 5.41) is 13.1. The first-order valence-corrected chi connectivity index (χ1v) is 12.2. The molecule has 0 spiro atoms. The maximum atomic E-state index is 13.2. The predicted molar refractivity (Wildman–Crippen MR) is 126 cm³/mol. The maximum Gasteiger partial charge on any atom is 0.341 e. The second kappa shape index (κ2) is 9.38. The molecule has 0 unspecified atom stereocenters. The van der Waals surface area contributed by atoms with Crippen molar-refractivity contribution in [1.82, 2.24) is 0 Å². The summed E-state index contributed by atoms with van der Waals surface area (Å²) in [6.45, 7) is 10.7. The Kier molecular flexibility index (Phi) is 7.18. The number of nitrogens with one attached hydrogen (secondary N) is 1. The number of esters is 1. The number of fused-ring (bicyclic) bond motifs is 1. The van der Waals surface area contributed by atoms with Gasteiger partial charge in [0.2, 0.25) is 5.91 Å². The number of anilines is 1. The molecule has 3 rings (SSSR count). The lowest BCUT2D eigenvalue weighted by molar-refractivity contribution is -0.146. The third-order valence-electron chi connectivity index (χ3n) is 7.83. The van der Waals surface area contributed by atoms with Crippen LogP contribution in [0.2, 0.25) is 0 Å². The van der Waals surface area contributed by atoms with Crippen molar-refractivity contribution in [3.05, 3.63) is 27.2 Å². The lowest BCUT2D eigenvalue weighted by Gasteiger charge is -2.36. The minimum atomic E-state index is -0.958. The van der Waals surface area contributed by atoms with Gasteiger partial charge in [0, 0.05) is 4.88 Å². The van der Waals surface area contributed by atoms with Crippen LogP contribution < -0.4 is 5.32 Å². The molecule has 1 heterocycles. The van der Waals surface area contributed by atoms with Gasteiger partial charge in [-0.1, -0.05) is 38.3 Å². The van der Waals surface area contributed by atoms with Crippen molar-refractivity contribution in [2.75, 3.05) is 12.4 Å². The monoisotopic (exact) mass is 461 g/mol. The van der Waals surface area contributed by atoms with Crippen LogP contribution in [0.1, 0.15) is 81.1 Å². The van der Waals surface area contributed by atoms with Gasteiger partial charge in [-0.05, 0) is 62.8 Å². The zero-order chi connectivity index (χ0) is 23.8. The Labute approximate surface area is 194 Å². The van der Waals surface area contributed by atoms with Crippen LogP contribution in [0.3, 0.4) is 0 Å². The molecule has 0 saturated heterocycles. The van der Waals surface area contributed by atoms with E-state index in [1.165, 1.54) is 18.4 Å². The quantitative estimate of drug-likeness (QED) is 0.433. The number of carbonyl (C=O) groups excluding carboxylic acids is 2. The van der Waals surface area contributed by atoms with Crippen LogP contribution in [0.4, 0.5) is 5.00 Å². The van der Waals surface area contributed by atoms with Crippen LogP contribution in [0.25, 0.3) is 0 Å². The van der Waals surface area contributed by atoms with Crippen molar-refractivity contribution in [3.63, 3.8) is 0 Å². The van der Waals surface area contributed by atoms with E-state index in [-0.39, 0.29) is 11.3 Å². The summed E-state index contributed by atoms with van der Waals surface area (Å²) in [5.41, 5.74) is 3.72. The van der Waals surface area contributed by atoms with Gasteiger partial charge in [-0.2, -0.15) is 0 Å². The average molecular weight is 462 g/mol. The Morgan fingerprint density at radius 3 is 2.31 bits per heavy atom. The third kappa shape index (κ3) is 4.63. The number of carbonyl (C=O) groups is 3. The normalized spacial score (nSPS) is 23.5. The highest BCUT2D eigenvalue weighted by Gasteiger charge is 2.39. The van der Waals surface area contributed by atoms with E-state index in [9.17, 15) is 19.5 Å². The summed E-state index contributed by atoms with van der Waals surface area (Å²) < 4.78 is 5.05. The highest BCUT2D eigenvalue weighted by molar-refractivity contribution is 7.17. The van der Waals surface area contributed by atoms with E-state index in [2.05, 4.69) is 26.1 Å². The molecule has 0 saturated carbocycles. The number of amides is 1. The second-order valence-electron chi connectivity index (χ2n) is 9.99. The molecular weight excluding hydrogens is 426 g/mol. The summed E-state index contributed by atoms with van der Waals surface area (Å²) in [6, 6.07) is 0. The number of carboxylic acid groups (broad SMARTS) is 1. The molecule has 3 atom stereocenters. The molecule has 1 aromatic heterocycles. The maximum absolute atomic E-state index is 13.2. The second-order valence-corrected chi connectivity index (χ2v) is 11.1. The first kappa shape index (κ1) is 24.5. The molecule has 6 nitrogen and oxygen atoms in total. The molecule has 0 aromatic carbocycles. The van der Waals surface area contributed by atoms with Crippen LogP contribution in [0.15, 0.2) is 11.1 Å². The number of rotatable bonds is 6. The van der Waals surface area contributed by atoms with Crippen LogP contribution in [-0.2, 0) is 27.2 Å². The number of allylic oxidation sites excluding steroid dienone is 2. The van der Waals surface area contributed by atoms with Crippen LogP contribution in [-0.4, -0.2) is 30.1 Å². The molecule has 1 aromatic rings. The number of hydrogen-bond acceptors (Lipinski definition) is 5. The molecule has 1 amide bonds. The topological polar surface area (TPSA) is 92.7 Å². The number of methoxy groups -OCH3 is 1. The lowest BCUT2D eigenvalue weighted by atomic mass is 9.69. The number of carboxylic acids is 1. The molecule has 2 N–H and O–H groups in total. The van der Waals surface area contributed by atoms with Gasteiger partial charge in [-0.25, -0.2) is 4.79 Å². The molecule has 0 radical (unpaired) electrons. The first-order valence-electron chi connectivity index (χ1n) is 11.4. The summed E-state index contributed by atoms with van der Waals surface area (Å²) >= 11 is 1.45. The highest BCUT2D eigenvalue weighted by Crippen LogP contribution is 2.46. The van der Waals surface area contributed by atoms with Gasteiger partial charge in [0.1, 0.15) is 5.00 Å². The van der Waals surface area contributed by atoms with Gasteiger partial charge in [0.15, 0.2) is 0 Å². The Morgan fingerprint density at radius 2 is 1.75 bits per heavy atom. The zero-order valence-electron chi connectivity index (χ0n) is 20.0. The smallest absolute Gasteiger partial charge is 0.341 e. The van der Waals surface area contributed by atoms with Gasteiger partial charge in [-0.15, -0.1) is 11.3 Å². The molecular formula is C25H35NO5S. The van der Waals surface area contributed by atoms with E-state index in [1.807, 2.05) is 13.8 Å². The fourth-order valence-electron chi connectivity index (χ4n) is 4.98. The highest BCUT2D eigenvalue weighted by atomic mass is 32.1. The molecule has 0 fully saturated rings. The van der Waals surface area contributed by atoms with E-state index < -0.39 is 23.8 Å². The van der Waals surface area contributed by atoms with Crippen molar-refractivity contribution in [2.45, 2.75) is 73.1 Å². The van der Waals surface area contributed by atoms with E-state index in [0.29, 0.717) is 29.3 Å². The van der Waals surface area contributed by atoms with Crippen molar-refractivity contribution >= 4 is 34.2 Å². The van der Waals surface area contributed by atoms with E-state index in [0.717, 1.165) is 47.3 Å². The van der Waals surface area contributed by atoms with Gasteiger partial charge >= 0.3 is 11.9 Å². The Hall–Kier alpha value is -2.15. The number of aliphatic carboxylic acids is 1. The molecule has 32 heavy (non-hydrogen) atoms. The van der Waals surface area contributed by atoms with Crippen LogP contribution in [0, 0.1) is 23.2 Å². The summed E-state index contributed by atoms with van der Waals surface area (Å²) in [4.78, 5) is 38.9. The van der Waals surface area contributed by atoms with Crippen molar-refractivity contribution in [2.24, 2.45) is 23.2 Å². The zero-order valence-corrected chi connectivity index (χ0v) is 20.8. The fraction of sp³-hybridized carbons (Fsp3) is 0.640. The van der Waals surface area contributed by atoms with Gasteiger partial charge in [0.05, 0.1) is 24.5 Å².